The third-order valence-electron chi connectivity index (χ3n) is 3.32. The number of nitrogen functional groups attached to an aromatic ring is 1. The van der Waals surface area contributed by atoms with Gasteiger partial charge in [-0.2, -0.15) is 0 Å². The topological polar surface area (TPSA) is 29.3 Å². The fourth-order valence-electron chi connectivity index (χ4n) is 2.23. The van der Waals surface area contributed by atoms with Gasteiger partial charge in [0.15, 0.2) is 0 Å². The highest BCUT2D eigenvalue weighted by Crippen LogP contribution is 2.34. The first-order valence-corrected chi connectivity index (χ1v) is 6.80. The Morgan fingerprint density at radius 2 is 2.12 bits per heavy atom. The van der Waals surface area contributed by atoms with E-state index >= 15 is 0 Å². The normalized spacial score (nSPS) is 15.0. The van der Waals surface area contributed by atoms with Crippen molar-refractivity contribution in [3.8, 4) is 0 Å². The lowest BCUT2D eigenvalue weighted by molar-refractivity contribution is 0.706. The summed E-state index contributed by atoms with van der Waals surface area (Å²) in [5.41, 5.74) is 8.97. The fourth-order valence-corrected chi connectivity index (χ4v) is 2.38. The molecule has 0 unspecified atom stereocenters. The Morgan fingerprint density at radius 3 is 2.71 bits per heavy atom. The second kappa shape index (κ2) is 5.18. The molecule has 1 aliphatic carbocycles. The molecule has 2 N–H and O–H groups in total. The fraction of sp³-hybridized carbons (Fsp3) is 0.571. The number of aryl methyl sites for hydroxylation is 1. The number of halogens is 1. The highest BCUT2D eigenvalue weighted by molar-refractivity contribution is 6.33. The van der Waals surface area contributed by atoms with Gasteiger partial charge in [0.1, 0.15) is 0 Å². The molecule has 0 radical (unpaired) electrons. The molecule has 0 atom stereocenters. The molecule has 94 valence electrons. The van der Waals surface area contributed by atoms with Crippen LogP contribution >= 0.6 is 11.6 Å². The van der Waals surface area contributed by atoms with E-state index in [0.29, 0.717) is 10.7 Å². The molecule has 0 bridgehead atoms. The first-order valence-electron chi connectivity index (χ1n) is 6.42. The maximum atomic E-state index is 6.13. The van der Waals surface area contributed by atoms with E-state index in [0.717, 1.165) is 25.4 Å². The van der Waals surface area contributed by atoms with E-state index in [1.54, 1.807) is 0 Å². The van der Waals surface area contributed by atoms with Crippen LogP contribution in [0.1, 0.15) is 31.7 Å². The summed E-state index contributed by atoms with van der Waals surface area (Å²) >= 11 is 6.13. The summed E-state index contributed by atoms with van der Waals surface area (Å²) in [5.74, 6) is 0.886. The zero-order valence-corrected chi connectivity index (χ0v) is 11.4. The van der Waals surface area contributed by atoms with Gasteiger partial charge in [0.25, 0.3) is 0 Å². The van der Waals surface area contributed by atoms with E-state index in [1.807, 2.05) is 12.1 Å². The Morgan fingerprint density at radius 1 is 1.41 bits per heavy atom. The van der Waals surface area contributed by atoms with E-state index in [1.165, 1.54) is 24.1 Å². The number of hydrogen-bond donors (Lipinski definition) is 1. The molecule has 17 heavy (non-hydrogen) atoms. The van der Waals surface area contributed by atoms with Crippen molar-refractivity contribution in [1.82, 2.24) is 0 Å². The van der Waals surface area contributed by atoms with Gasteiger partial charge in [-0.05, 0) is 49.8 Å². The SMILES string of the molecule is CCCN(CC1CC1)c1cc(Cl)c(N)cc1C. The second-order valence-corrected chi connectivity index (χ2v) is 5.46. The molecule has 0 aliphatic heterocycles. The number of rotatable bonds is 5. The van der Waals surface area contributed by atoms with Crippen LogP contribution in [0.5, 0.6) is 0 Å². The third kappa shape index (κ3) is 3.06. The van der Waals surface area contributed by atoms with E-state index in [4.69, 9.17) is 17.3 Å². The first kappa shape index (κ1) is 12.6. The lowest BCUT2D eigenvalue weighted by Crippen LogP contribution is -2.27. The highest BCUT2D eigenvalue weighted by atomic mass is 35.5. The van der Waals surface area contributed by atoms with E-state index < -0.39 is 0 Å². The summed E-state index contributed by atoms with van der Waals surface area (Å²) in [6, 6.07) is 4.00. The number of nitrogens with two attached hydrogens (primary N) is 1. The Hall–Kier alpha value is -0.890. The summed E-state index contributed by atoms with van der Waals surface area (Å²) < 4.78 is 0. The second-order valence-electron chi connectivity index (χ2n) is 5.05. The minimum Gasteiger partial charge on any atom is -0.398 e. The summed E-state index contributed by atoms with van der Waals surface area (Å²) in [6.07, 6.45) is 3.91. The van der Waals surface area contributed by atoms with E-state index in [2.05, 4.69) is 18.7 Å². The molecule has 0 saturated heterocycles. The third-order valence-corrected chi connectivity index (χ3v) is 3.65. The van der Waals surface area contributed by atoms with E-state index in [-0.39, 0.29) is 0 Å². The Kier molecular flexibility index (Phi) is 3.82. The Labute approximate surface area is 109 Å². The van der Waals surface area contributed by atoms with Crippen molar-refractivity contribution in [2.45, 2.75) is 33.1 Å². The van der Waals surface area contributed by atoms with Crippen LogP contribution in [0, 0.1) is 12.8 Å². The van der Waals surface area contributed by atoms with Crippen molar-refractivity contribution in [2.75, 3.05) is 23.7 Å². The number of hydrogen-bond acceptors (Lipinski definition) is 2. The molecule has 1 aromatic rings. The molecular weight excluding hydrogens is 232 g/mol. The van der Waals surface area contributed by atoms with Gasteiger partial charge in [0, 0.05) is 18.8 Å². The molecule has 1 saturated carbocycles. The molecule has 0 amide bonds. The lowest BCUT2D eigenvalue weighted by Gasteiger charge is -2.26. The molecular formula is C14H21ClN2. The maximum Gasteiger partial charge on any atom is 0.0656 e. The minimum atomic E-state index is 0.669. The molecule has 1 fully saturated rings. The average Bonchev–Trinajstić information content (AvgIpc) is 3.07. The van der Waals surface area contributed by atoms with Gasteiger partial charge in [0.2, 0.25) is 0 Å². The van der Waals surface area contributed by atoms with Crippen molar-refractivity contribution < 1.29 is 0 Å². The molecule has 0 spiro atoms. The van der Waals surface area contributed by atoms with Crippen LogP contribution in [-0.2, 0) is 0 Å². The van der Waals surface area contributed by atoms with E-state index in [9.17, 15) is 0 Å². The van der Waals surface area contributed by atoms with Gasteiger partial charge in [-0.3, -0.25) is 0 Å². The quantitative estimate of drug-likeness (QED) is 0.807. The van der Waals surface area contributed by atoms with Gasteiger partial charge in [-0.15, -0.1) is 0 Å². The summed E-state index contributed by atoms with van der Waals surface area (Å²) in [5, 5.41) is 0.669. The number of nitrogens with zero attached hydrogens (tertiary/aromatic N) is 1. The zero-order chi connectivity index (χ0) is 12.4. The van der Waals surface area contributed by atoms with Crippen molar-refractivity contribution in [1.29, 1.82) is 0 Å². The monoisotopic (exact) mass is 252 g/mol. The molecule has 2 nitrogen and oxygen atoms in total. The molecule has 0 heterocycles. The standard InChI is InChI=1S/C14H21ClN2/c1-3-6-17(9-11-4-5-11)14-8-12(15)13(16)7-10(14)2/h7-8,11H,3-6,9,16H2,1-2H3. The Bertz CT molecular complexity index is 399. The lowest BCUT2D eigenvalue weighted by atomic mass is 10.1. The zero-order valence-electron chi connectivity index (χ0n) is 10.7. The summed E-state index contributed by atoms with van der Waals surface area (Å²) in [4.78, 5) is 2.46. The van der Waals surface area contributed by atoms with Crippen LogP contribution in [0.25, 0.3) is 0 Å². The van der Waals surface area contributed by atoms with Crippen molar-refractivity contribution >= 4 is 23.0 Å². The number of benzene rings is 1. The smallest absolute Gasteiger partial charge is 0.0656 e. The predicted octanol–water partition coefficient (Wildman–Crippen LogP) is 3.86. The van der Waals surface area contributed by atoms with Crippen molar-refractivity contribution in [3.05, 3.63) is 22.7 Å². The highest BCUT2D eigenvalue weighted by Gasteiger charge is 2.25. The van der Waals surface area contributed by atoms with Crippen LogP contribution in [0.4, 0.5) is 11.4 Å². The molecule has 1 aliphatic rings. The van der Waals surface area contributed by atoms with Crippen LogP contribution in [0.3, 0.4) is 0 Å². The molecule has 0 aromatic heterocycles. The van der Waals surface area contributed by atoms with Crippen LogP contribution in [0.2, 0.25) is 5.02 Å². The van der Waals surface area contributed by atoms with Gasteiger partial charge in [0.05, 0.1) is 10.7 Å². The average molecular weight is 253 g/mol. The van der Waals surface area contributed by atoms with Crippen LogP contribution in [-0.4, -0.2) is 13.1 Å². The molecule has 2 rings (SSSR count). The largest absolute Gasteiger partial charge is 0.398 e. The summed E-state index contributed by atoms with van der Waals surface area (Å²) in [7, 11) is 0. The van der Waals surface area contributed by atoms with Crippen molar-refractivity contribution in [3.63, 3.8) is 0 Å². The first-order chi connectivity index (χ1) is 8.11. The van der Waals surface area contributed by atoms with Gasteiger partial charge < -0.3 is 10.6 Å². The van der Waals surface area contributed by atoms with Gasteiger partial charge >= 0.3 is 0 Å². The maximum absolute atomic E-state index is 6.13. The molecule has 1 aromatic carbocycles. The Balaban J connectivity index is 2.23. The van der Waals surface area contributed by atoms with Crippen LogP contribution in [0.15, 0.2) is 12.1 Å². The van der Waals surface area contributed by atoms with Crippen molar-refractivity contribution in [2.24, 2.45) is 5.92 Å². The molecule has 3 heteroatoms. The van der Waals surface area contributed by atoms with Gasteiger partial charge in [-0.1, -0.05) is 18.5 Å². The van der Waals surface area contributed by atoms with Crippen LogP contribution < -0.4 is 10.6 Å². The minimum absolute atomic E-state index is 0.669. The predicted molar refractivity (Wildman–Crippen MR) is 75.8 cm³/mol. The number of anilines is 2. The van der Waals surface area contributed by atoms with Gasteiger partial charge in [-0.25, -0.2) is 0 Å². The summed E-state index contributed by atoms with van der Waals surface area (Å²) in [6.45, 7) is 6.58.